The molecule has 5 heteroatoms. The first-order valence-corrected chi connectivity index (χ1v) is 5.58. The Kier molecular flexibility index (Phi) is 3.24. The highest BCUT2D eigenvalue weighted by Gasteiger charge is 2.35. The Morgan fingerprint density at radius 3 is 3.12 bits per heavy atom. The number of aromatic nitrogens is 2. The summed E-state index contributed by atoms with van der Waals surface area (Å²) in [4.78, 5) is 11.7. The highest BCUT2D eigenvalue weighted by molar-refractivity contribution is 5.74. The molecule has 0 amide bonds. The number of hydrogen-bond donors (Lipinski definition) is 1. The van der Waals surface area contributed by atoms with Crippen LogP contribution in [0, 0.1) is 5.92 Å². The number of aryl methyl sites for hydroxylation is 1. The van der Waals surface area contributed by atoms with Gasteiger partial charge in [0.1, 0.15) is 0 Å². The SMILES string of the molecule is CCOC(=O)C1CNCC1c1cnn(C)c1. The molecule has 2 rings (SSSR count). The molecule has 0 radical (unpaired) electrons. The van der Waals surface area contributed by atoms with Crippen LogP contribution in [0.2, 0.25) is 0 Å². The molecule has 88 valence electrons. The molecule has 1 aliphatic rings. The van der Waals surface area contributed by atoms with Crippen molar-refractivity contribution in [2.24, 2.45) is 13.0 Å². The van der Waals surface area contributed by atoms with Gasteiger partial charge >= 0.3 is 5.97 Å². The standard InChI is InChI=1S/C11H17N3O2/c1-3-16-11(15)10-6-12-5-9(10)8-4-13-14(2)7-8/h4,7,9-10,12H,3,5-6H2,1-2H3. The van der Waals surface area contributed by atoms with E-state index in [0.29, 0.717) is 13.2 Å². The van der Waals surface area contributed by atoms with Crippen molar-refractivity contribution in [1.82, 2.24) is 15.1 Å². The van der Waals surface area contributed by atoms with Crippen LogP contribution in [0.3, 0.4) is 0 Å². The number of nitrogens with zero attached hydrogens (tertiary/aromatic N) is 2. The molecule has 0 saturated carbocycles. The zero-order valence-electron chi connectivity index (χ0n) is 9.64. The van der Waals surface area contributed by atoms with Gasteiger partial charge in [0.05, 0.1) is 18.7 Å². The number of carbonyl (C=O) groups is 1. The molecule has 1 aromatic heterocycles. The zero-order valence-corrected chi connectivity index (χ0v) is 9.64. The molecule has 0 bridgehead atoms. The molecular formula is C11H17N3O2. The van der Waals surface area contributed by atoms with E-state index in [0.717, 1.165) is 12.1 Å². The number of rotatable bonds is 3. The van der Waals surface area contributed by atoms with Crippen LogP contribution in [0.5, 0.6) is 0 Å². The number of carbonyl (C=O) groups excluding carboxylic acids is 1. The maximum Gasteiger partial charge on any atom is 0.310 e. The molecule has 16 heavy (non-hydrogen) atoms. The summed E-state index contributed by atoms with van der Waals surface area (Å²) in [6, 6.07) is 0. The van der Waals surface area contributed by atoms with Crippen LogP contribution >= 0.6 is 0 Å². The summed E-state index contributed by atoms with van der Waals surface area (Å²) in [5.74, 6) is -0.00162. The van der Waals surface area contributed by atoms with Gasteiger partial charge in [-0.3, -0.25) is 9.48 Å². The second-order valence-electron chi connectivity index (χ2n) is 4.07. The Labute approximate surface area is 94.8 Å². The van der Waals surface area contributed by atoms with Crippen molar-refractivity contribution in [3.63, 3.8) is 0 Å². The number of ether oxygens (including phenoxy) is 1. The van der Waals surface area contributed by atoms with Crippen LogP contribution in [-0.2, 0) is 16.6 Å². The summed E-state index contributed by atoms with van der Waals surface area (Å²) < 4.78 is 6.84. The molecule has 0 aliphatic carbocycles. The Hall–Kier alpha value is -1.36. The van der Waals surface area contributed by atoms with Crippen molar-refractivity contribution in [3.8, 4) is 0 Å². The van der Waals surface area contributed by atoms with Gasteiger partial charge in [-0.05, 0) is 12.5 Å². The van der Waals surface area contributed by atoms with Gasteiger partial charge < -0.3 is 10.1 Å². The Morgan fingerprint density at radius 1 is 1.69 bits per heavy atom. The third-order valence-electron chi connectivity index (χ3n) is 2.96. The summed E-state index contributed by atoms with van der Waals surface area (Å²) >= 11 is 0. The van der Waals surface area contributed by atoms with Crippen LogP contribution in [0.1, 0.15) is 18.4 Å². The van der Waals surface area contributed by atoms with Gasteiger partial charge in [-0.25, -0.2) is 0 Å². The predicted octanol–water partition coefficient (Wildman–Crippen LogP) is 0.286. The highest BCUT2D eigenvalue weighted by atomic mass is 16.5. The fraction of sp³-hybridized carbons (Fsp3) is 0.636. The third kappa shape index (κ3) is 2.09. The van der Waals surface area contributed by atoms with Gasteiger partial charge in [-0.2, -0.15) is 5.10 Å². The van der Waals surface area contributed by atoms with E-state index >= 15 is 0 Å². The van der Waals surface area contributed by atoms with E-state index in [4.69, 9.17) is 4.74 Å². The maximum absolute atomic E-state index is 11.7. The van der Waals surface area contributed by atoms with Crippen molar-refractivity contribution < 1.29 is 9.53 Å². The molecule has 2 heterocycles. The normalized spacial score (nSPS) is 24.6. The van der Waals surface area contributed by atoms with E-state index in [1.165, 1.54) is 0 Å². The van der Waals surface area contributed by atoms with Crippen LogP contribution < -0.4 is 5.32 Å². The molecule has 1 aromatic rings. The predicted molar refractivity (Wildman–Crippen MR) is 58.9 cm³/mol. The van der Waals surface area contributed by atoms with Gasteiger partial charge in [0.2, 0.25) is 0 Å². The second kappa shape index (κ2) is 4.65. The third-order valence-corrected chi connectivity index (χ3v) is 2.96. The van der Waals surface area contributed by atoms with E-state index in [1.807, 2.05) is 26.4 Å². The highest BCUT2D eigenvalue weighted by Crippen LogP contribution is 2.28. The summed E-state index contributed by atoms with van der Waals surface area (Å²) in [6.07, 6.45) is 3.79. The quantitative estimate of drug-likeness (QED) is 0.748. The molecule has 0 aromatic carbocycles. The minimum Gasteiger partial charge on any atom is -0.466 e. The number of nitrogens with one attached hydrogen (secondary N) is 1. The fourth-order valence-electron chi connectivity index (χ4n) is 2.16. The summed E-state index contributed by atoms with van der Waals surface area (Å²) in [6.45, 7) is 3.78. The zero-order chi connectivity index (χ0) is 11.5. The van der Waals surface area contributed by atoms with E-state index in [9.17, 15) is 4.79 Å². The van der Waals surface area contributed by atoms with E-state index in [2.05, 4.69) is 10.4 Å². The molecule has 1 fully saturated rings. The lowest BCUT2D eigenvalue weighted by atomic mass is 9.91. The van der Waals surface area contributed by atoms with Crippen LogP contribution in [-0.4, -0.2) is 35.4 Å². The van der Waals surface area contributed by atoms with Gasteiger partial charge in [0, 0.05) is 32.3 Å². The van der Waals surface area contributed by atoms with Gasteiger partial charge in [-0.1, -0.05) is 0 Å². The second-order valence-corrected chi connectivity index (χ2v) is 4.07. The molecule has 1 saturated heterocycles. The number of hydrogen-bond acceptors (Lipinski definition) is 4. The first-order valence-electron chi connectivity index (χ1n) is 5.58. The summed E-state index contributed by atoms with van der Waals surface area (Å²) in [7, 11) is 1.88. The van der Waals surface area contributed by atoms with Crippen molar-refractivity contribution in [2.75, 3.05) is 19.7 Å². The number of esters is 1. The van der Waals surface area contributed by atoms with Crippen molar-refractivity contribution in [1.29, 1.82) is 0 Å². The lowest BCUT2D eigenvalue weighted by molar-refractivity contribution is -0.147. The topological polar surface area (TPSA) is 56.1 Å². The molecule has 1 aliphatic heterocycles. The lowest BCUT2D eigenvalue weighted by Gasteiger charge is -2.15. The first kappa shape index (κ1) is 11.1. The van der Waals surface area contributed by atoms with Crippen LogP contribution in [0.4, 0.5) is 0 Å². The molecule has 1 N–H and O–H groups in total. The fourth-order valence-corrected chi connectivity index (χ4v) is 2.16. The summed E-state index contributed by atoms with van der Waals surface area (Å²) in [5, 5.41) is 7.37. The average Bonchev–Trinajstić information content (AvgIpc) is 2.85. The van der Waals surface area contributed by atoms with Crippen LogP contribution in [0.25, 0.3) is 0 Å². The largest absolute Gasteiger partial charge is 0.466 e. The monoisotopic (exact) mass is 223 g/mol. The minimum absolute atomic E-state index is 0.0795. The molecule has 5 nitrogen and oxygen atoms in total. The van der Waals surface area contributed by atoms with Crippen molar-refractivity contribution in [2.45, 2.75) is 12.8 Å². The Balaban J connectivity index is 2.11. The molecule has 0 spiro atoms. The Morgan fingerprint density at radius 2 is 2.50 bits per heavy atom. The molecule has 2 unspecified atom stereocenters. The average molecular weight is 223 g/mol. The molecule has 2 atom stereocenters. The maximum atomic E-state index is 11.7. The van der Waals surface area contributed by atoms with E-state index in [1.54, 1.807) is 4.68 Å². The lowest BCUT2D eigenvalue weighted by Crippen LogP contribution is -2.23. The smallest absolute Gasteiger partial charge is 0.310 e. The van der Waals surface area contributed by atoms with Gasteiger partial charge in [0.25, 0.3) is 0 Å². The molecular weight excluding hydrogens is 206 g/mol. The first-order chi connectivity index (χ1) is 7.72. The van der Waals surface area contributed by atoms with Crippen LogP contribution in [0.15, 0.2) is 12.4 Å². The van der Waals surface area contributed by atoms with Crippen molar-refractivity contribution >= 4 is 5.97 Å². The van der Waals surface area contributed by atoms with Gasteiger partial charge in [-0.15, -0.1) is 0 Å². The summed E-state index contributed by atoms with van der Waals surface area (Å²) in [5.41, 5.74) is 1.10. The Bertz CT molecular complexity index is 375. The van der Waals surface area contributed by atoms with Gasteiger partial charge in [0.15, 0.2) is 0 Å². The minimum atomic E-state index is -0.110. The van der Waals surface area contributed by atoms with E-state index in [-0.39, 0.29) is 17.8 Å². The van der Waals surface area contributed by atoms with E-state index < -0.39 is 0 Å². The van der Waals surface area contributed by atoms with Crippen molar-refractivity contribution in [3.05, 3.63) is 18.0 Å².